The molecule has 0 fully saturated rings. The first-order valence-electron chi connectivity index (χ1n) is 5.92. The zero-order valence-electron chi connectivity index (χ0n) is 11.2. The lowest BCUT2D eigenvalue weighted by Gasteiger charge is -2.09. The number of sulfone groups is 1. The summed E-state index contributed by atoms with van der Waals surface area (Å²) in [5, 5.41) is 7.35. The standard InChI is InChI=1S/C13H16N2O3S/c1-9-5-4-6-10(2)12(9)7-19(16,17)8-13-15-14-11(3)18-13/h4-6H,7-8H2,1-3H3. The summed E-state index contributed by atoms with van der Waals surface area (Å²) in [4.78, 5) is 0. The molecule has 2 aromatic rings. The van der Waals surface area contributed by atoms with Crippen molar-refractivity contribution in [2.24, 2.45) is 0 Å². The Labute approximate surface area is 112 Å². The lowest BCUT2D eigenvalue weighted by Crippen LogP contribution is -2.10. The second kappa shape index (κ2) is 5.13. The lowest BCUT2D eigenvalue weighted by molar-refractivity contribution is 0.480. The highest BCUT2D eigenvalue weighted by atomic mass is 32.2. The summed E-state index contributed by atoms with van der Waals surface area (Å²) in [6.45, 7) is 5.46. The second-order valence-electron chi connectivity index (χ2n) is 4.62. The van der Waals surface area contributed by atoms with E-state index in [0.29, 0.717) is 5.89 Å². The van der Waals surface area contributed by atoms with Gasteiger partial charge in [0.15, 0.2) is 9.84 Å². The minimum Gasteiger partial charge on any atom is -0.424 e. The molecule has 1 heterocycles. The molecule has 0 radical (unpaired) electrons. The number of aromatic nitrogens is 2. The maximum absolute atomic E-state index is 12.2. The van der Waals surface area contributed by atoms with E-state index in [1.54, 1.807) is 6.92 Å². The van der Waals surface area contributed by atoms with Crippen LogP contribution in [0.1, 0.15) is 28.5 Å². The molecule has 1 aromatic heterocycles. The molecule has 102 valence electrons. The fraction of sp³-hybridized carbons (Fsp3) is 0.385. The largest absolute Gasteiger partial charge is 0.424 e. The van der Waals surface area contributed by atoms with Gasteiger partial charge < -0.3 is 4.42 Å². The smallest absolute Gasteiger partial charge is 0.231 e. The summed E-state index contributed by atoms with van der Waals surface area (Å²) in [5.74, 6) is 0.287. The SMILES string of the molecule is Cc1nnc(CS(=O)(=O)Cc2c(C)cccc2C)o1. The van der Waals surface area contributed by atoms with Crippen molar-refractivity contribution < 1.29 is 12.8 Å². The topological polar surface area (TPSA) is 73.1 Å². The summed E-state index contributed by atoms with van der Waals surface area (Å²) < 4.78 is 29.4. The highest BCUT2D eigenvalue weighted by molar-refractivity contribution is 7.89. The summed E-state index contributed by atoms with van der Waals surface area (Å²) in [7, 11) is -3.32. The molecule has 1 aromatic carbocycles. The van der Waals surface area contributed by atoms with Gasteiger partial charge in [0, 0.05) is 6.92 Å². The van der Waals surface area contributed by atoms with Crippen LogP contribution >= 0.6 is 0 Å². The van der Waals surface area contributed by atoms with Gasteiger partial charge in [0.1, 0.15) is 5.75 Å². The maximum atomic E-state index is 12.2. The van der Waals surface area contributed by atoms with Gasteiger partial charge >= 0.3 is 0 Å². The minimum absolute atomic E-state index is 0.00701. The maximum Gasteiger partial charge on any atom is 0.231 e. The van der Waals surface area contributed by atoms with Gasteiger partial charge in [-0.25, -0.2) is 8.42 Å². The summed E-state index contributed by atoms with van der Waals surface area (Å²) in [6.07, 6.45) is 0. The Morgan fingerprint density at radius 1 is 1.05 bits per heavy atom. The Balaban J connectivity index is 2.22. The Morgan fingerprint density at radius 3 is 2.21 bits per heavy atom. The van der Waals surface area contributed by atoms with Crippen molar-refractivity contribution in [3.05, 3.63) is 46.7 Å². The van der Waals surface area contributed by atoms with Crippen LogP contribution in [0.25, 0.3) is 0 Å². The number of hydrogen-bond donors (Lipinski definition) is 0. The molecule has 0 N–H and O–H groups in total. The van der Waals surface area contributed by atoms with Crippen LogP contribution in [0, 0.1) is 20.8 Å². The molecule has 0 atom stereocenters. The first-order chi connectivity index (χ1) is 8.87. The molecule has 0 saturated carbocycles. The highest BCUT2D eigenvalue weighted by Gasteiger charge is 2.19. The van der Waals surface area contributed by atoms with E-state index < -0.39 is 9.84 Å². The van der Waals surface area contributed by atoms with Crippen molar-refractivity contribution >= 4 is 9.84 Å². The normalized spacial score (nSPS) is 11.7. The van der Waals surface area contributed by atoms with Gasteiger partial charge in [-0.15, -0.1) is 10.2 Å². The van der Waals surface area contributed by atoms with E-state index in [2.05, 4.69) is 10.2 Å². The Bertz CT molecular complexity index is 669. The average molecular weight is 280 g/mol. The van der Waals surface area contributed by atoms with Gasteiger partial charge in [-0.2, -0.15) is 0 Å². The van der Waals surface area contributed by atoms with Gasteiger partial charge in [0.2, 0.25) is 11.8 Å². The van der Waals surface area contributed by atoms with Gasteiger partial charge in [0.25, 0.3) is 0 Å². The zero-order valence-corrected chi connectivity index (χ0v) is 12.0. The van der Waals surface area contributed by atoms with Crippen molar-refractivity contribution in [3.8, 4) is 0 Å². The predicted molar refractivity (Wildman–Crippen MR) is 71.3 cm³/mol. The molecule has 5 nitrogen and oxygen atoms in total. The quantitative estimate of drug-likeness (QED) is 0.857. The molecule has 0 aliphatic heterocycles. The van der Waals surface area contributed by atoms with Crippen molar-refractivity contribution in [3.63, 3.8) is 0 Å². The second-order valence-corrected chi connectivity index (χ2v) is 6.68. The van der Waals surface area contributed by atoms with Gasteiger partial charge in [-0.3, -0.25) is 0 Å². The third-order valence-corrected chi connectivity index (χ3v) is 4.34. The summed E-state index contributed by atoms with van der Waals surface area (Å²) >= 11 is 0. The Hall–Kier alpha value is -1.69. The lowest BCUT2D eigenvalue weighted by atomic mass is 10.1. The molecule has 0 spiro atoms. The van der Waals surface area contributed by atoms with Gasteiger partial charge in [-0.1, -0.05) is 18.2 Å². The summed E-state index contributed by atoms with van der Waals surface area (Å²) in [6, 6.07) is 5.74. The van der Waals surface area contributed by atoms with Crippen LogP contribution in [0.4, 0.5) is 0 Å². The zero-order chi connectivity index (χ0) is 14.0. The average Bonchev–Trinajstić information content (AvgIpc) is 2.69. The van der Waals surface area contributed by atoms with E-state index in [0.717, 1.165) is 16.7 Å². The monoisotopic (exact) mass is 280 g/mol. The summed E-state index contributed by atoms with van der Waals surface area (Å²) in [5.41, 5.74) is 2.80. The third-order valence-electron chi connectivity index (χ3n) is 2.92. The molecule has 19 heavy (non-hydrogen) atoms. The van der Waals surface area contributed by atoms with Crippen LogP contribution in [0.15, 0.2) is 22.6 Å². The van der Waals surface area contributed by atoms with Crippen LogP contribution in [0.2, 0.25) is 0 Å². The molecule has 2 rings (SSSR count). The number of hydrogen-bond acceptors (Lipinski definition) is 5. The number of aryl methyl sites for hydroxylation is 3. The molecule has 6 heteroatoms. The molecule has 0 bridgehead atoms. The Kier molecular flexibility index (Phi) is 3.71. The van der Waals surface area contributed by atoms with E-state index in [9.17, 15) is 8.42 Å². The molecule has 0 saturated heterocycles. The van der Waals surface area contributed by atoms with E-state index in [1.165, 1.54) is 0 Å². The van der Waals surface area contributed by atoms with Crippen LogP contribution < -0.4 is 0 Å². The molecule has 0 aliphatic rings. The predicted octanol–water partition coefficient (Wildman–Crippen LogP) is 2.11. The van der Waals surface area contributed by atoms with Gasteiger partial charge in [0.05, 0.1) is 5.75 Å². The number of benzene rings is 1. The van der Waals surface area contributed by atoms with E-state index in [1.807, 2.05) is 32.0 Å². The number of nitrogens with zero attached hydrogens (tertiary/aromatic N) is 2. The van der Waals surface area contributed by atoms with Crippen LogP contribution in [0.5, 0.6) is 0 Å². The molecule has 0 aliphatic carbocycles. The van der Waals surface area contributed by atoms with Crippen LogP contribution in [-0.2, 0) is 21.3 Å². The van der Waals surface area contributed by atoms with Crippen molar-refractivity contribution in [2.75, 3.05) is 0 Å². The molecule has 0 amide bonds. The molecule has 0 unspecified atom stereocenters. The van der Waals surface area contributed by atoms with Crippen molar-refractivity contribution in [2.45, 2.75) is 32.3 Å². The first-order valence-corrected chi connectivity index (χ1v) is 7.74. The van der Waals surface area contributed by atoms with E-state index in [4.69, 9.17) is 4.42 Å². The van der Waals surface area contributed by atoms with Crippen molar-refractivity contribution in [1.82, 2.24) is 10.2 Å². The first kappa shape index (κ1) is 13.7. The van der Waals surface area contributed by atoms with E-state index >= 15 is 0 Å². The third kappa shape index (κ3) is 3.41. The van der Waals surface area contributed by atoms with Crippen LogP contribution in [-0.4, -0.2) is 18.6 Å². The molecular formula is C13H16N2O3S. The van der Waals surface area contributed by atoms with Crippen molar-refractivity contribution in [1.29, 1.82) is 0 Å². The van der Waals surface area contributed by atoms with Gasteiger partial charge in [-0.05, 0) is 30.5 Å². The highest BCUT2D eigenvalue weighted by Crippen LogP contribution is 2.18. The Morgan fingerprint density at radius 2 is 1.68 bits per heavy atom. The minimum atomic E-state index is -3.32. The fourth-order valence-corrected chi connectivity index (χ4v) is 3.42. The fourth-order valence-electron chi connectivity index (χ4n) is 1.93. The van der Waals surface area contributed by atoms with E-state index in [-0.39, 0.29) is 17.4 Å². The number of rotatable bonds is 4. The molecular weight excluding hydrogens is 264 g/mol. The van der Waals surface area contributed by atoms with Crippen LogP contribution in [0.3, 0.4) is 0 Å².